The second-order valence-corrected chi connectivity index (χ2v) is 7.42. The molecule has 1 aromatic carbocycles. The number of aromatic nitrogens is 2. The summed E-state index contributed by atoms with van der Waals surface area (Å²) in [6.07, 6.45) is 0. The zero-order valence-corrected chi connectivity index (χ0v) is 13.6. The van der Waals surface area contributed by atoms with Crippen LogP contribution >= 0.6 is 23.1 Å². The second kappa shape index (κ2) is 6.37. The van der Waals surface area contributed by atoms with E-state index in [1.165, 1.54) is 23.1 Å². The molecule has 0 bridgehead atoms. The lowest BCUT2D eigenvalue weighted by Gasteiger charge is -2.12. The predicted octanol–water partition coefficient (Wildman–Crippen LogP) is 3.58. The highest BCUT2D eigenvalue weighted by Crippen LogP contribution is 2.27. The summed E-state index contributed by atoms with van der Waals surface area (Å²) in [7, 11) is 0. The van der Waals surface area contributed by atoms with Gasteiger partial charge in [0.1, 0.15) is 5.01 Å². The monoisotopic (exact) mass is 307 g/mol. The van der Waals surface area contributed by atoms with Crippen LogP contribution in [0.5, 0.6) is 0 Å². The average molecular weight is 307 g/mol. The number of carbonyl (C=O) groups excluding carboxylic acids is 1. The highest BCUT2D eigenvalue weighted by molar-refractivity contribution is 8.02. The molecule has 106 valence electrons. The average Bonchev–Trinajstić information content (AvgIpc) is 2.79. The van der Waals surface area contributed by atoms with Crippen LogP contribution in [-0.4, -0.2) is 21.4 Å². The zero-order valence-electron chi connectivity index (χ0n) is 11.9. The fourth-order valence-corrected chi connectivity index (χ4v) is 3.60. The molecule has 0 aliphatic carbocycles. The fourth-order valence-electron chi connectivity index (χ4n) is 1.64. The summed E-state index contributed by atoms with van der Waals surface area (Å²) in [5.41, 5.74) is 3.06. The summed E-state index contributed by atoms with van der Waals surface area (Å²) in [4.78, 5) is 12.2. The molecule has 1 atom stereocenters. The van der Waals surface area contributed by atoms with Crippen LogP contribution in [0.15, 0.2) is 22.5 Å². The van der Waals surface area contributed by atoms with Crippen LogP contribution in [0.3, 0.4) is 0 Å². The number of thioether (sulfide) groups is 1. The molecule has 20 heavy (non-hydrogen) atoms. The molecule has 0 aliphatic heterocycles. The van der Waals surface area contributed by atoms with Crippen molar-refractivity contribution >= 4 is 34.7 Å². The summed E-state index contributed by atoms with van der Waals surface area (Å²) >= 11 is 2.94. The van der Waals surface area contributed by atoms with Crippen molar-refractivity contribution in [3.63, 3.8) is 0 Å². The molecule has 1 unspecified atom stereocenters. The molecule has 2 aromatic rings. The van der Waals surface area contributed by atoms with Gasteiger partial charge in [-0.25, -0.2) is 0 Å². The number of nitrogens with zero attached hydrogens (tertiary/aromatic N) is 2. The Labute approximate surface area is 127 Å². The van der Waals surface area contributed by atoms with Crippen molar-refractivity contribution in [3.05, 3.63) is 34.3 Å². The van der Waals surface area contributed by atoms with E-state index < -0.39 is 0 Å². The van der Waals surface area contributed by atoms with Crippen LogP contribution in [0.25, 0.3) is 0 Å². The molecule has 1 N–H and O–H groups in total. The molecule has 1 amide bonds. The van der Waals surface area contributed by atoms with Crippen LogP contribution in [0.4, 0.5) is 5.69 Å². The molecule has 0 fully saturated rings. The molecular weight excluding hydrogens is 290 g/mol. The first-order chi connectivity index (χ1) is 9.45. The standard InChI is InChI=1S/C14H17N3OS2/c1-8-5-6-9(2)12(7-8)15-13(18)10(3)19-14-17-16-11(4)20-14/h5-7,10H,1-4H3,(H,15,18). The van der Waals surface area contributed by atoms with Gasteiger partial charge >= 0.3 is 0 Å². The maximum absolute atomic E-state index is 12.2. The molecule has 1 heterocycles. The van der Waals surface area contributed by atoms with E-state index in [0.29, 0.717) is 0 Å². The summed E-state index contributed by atoms with van der Waals surface area (Å²) in [6.45, 7) is 7.78. The van der Waals surface area contributed by atoms with E-state index in [1.807, 2.05) is 45.9 Å². The lowest BCUT2D eigenvalue weighted by Crippen LogP contribution is -2.22. The summed E-state index contributed by atoms with van der Waals surface area (Å²) in [5, 5.41) is 11.7. The van der Waals surface area contributed by atoms with E-state index in [1.54, 1.807) is 0 Å². The van der Waals surface area contributed by atoms with Crippen LogP contribution in [-0.2, 0) is 4.79 Å². The minimum absolute atomic E-state index is 0.0171. The van der Waals surface area contributed by atoms with Gasteiger partial charge in [-0.05, 0) is 44.9 Å². The Kier molecular flexibility index (Phi) is 4.77. The van der Waals surface area contributed by atoms with Gasteiger partial charge in [-0.15, -0.1) is 10.2 Å². The number of anilines is 1. The van der Waals surface area contributed by atoms with Gasteiger partial charge in [0.25, 0.3) is 0 Å². The third-order valence-electron chi connectivity index (χ3n) is 2.81. The van der Waals surface area contributed by atoms with Gasteiger partial charge in [-0.2, -0.15) is 0 Å². The van der Waals surface area contributed by atoms with Crippen molar-refractivity contribution in [2.45, 2.75) is 37.3 Å². The van der Waals surface area contributed by atoms with Crippen molar-refractivity contribution in [1.29, 1.82) is 0 Å². The Morgan fingerprint density at radius 1 is 1.30 bits per heavy atom. The van der Waals surface area contributed by atoms with Crippen molar-refractivity contribution in [3.8, 4) is 0 Å². The molecule has 0 saturated heterocycles. The quantitative estimate of drug-likeness (QED) is 0.877. The first kappa shape index (κ1) is 15.0. The Morgan fingerprint density at radius 3 is 2.70 bits per heavy atom. The minimum atomic E-state index is -0.206. The molecular formula is C14H17N3OS2. The first-order valence-electron chi connectivity index (χ1n) is 6.30. The molecule has 6 heteroatoms. The Balaban J connectivity index is 2.02. The smallest absolute Gasteiger partial charge is 0.237 e. The molecule has 4 nitrogen and oxygen atoms in total. The first-order valence-corrected chi connectivity index (χ1v) is 8.00. The third-order valence-corrected chi connectivity index (χ3v) is 4.83. The van der Waals surface area contributed by atoms with Gasteiger partial charge in [0.2, 0.25) is 5.91 Å². The summed E-state index contributed by atoms with van der Waals surface area (Å²) in [5.74, 6) is -0.0171. The summed E-state index contributed by atoms with van der Waals surface area (Å²) in [6, 6.07) is 6.03. The molecule has 0 spiro atoms. The minimum Gasteiger partial charge on any atom is -0.325 e. The maximum Gasteiger partial charge on any atom is 0.237 e. The number of rotatable bonds is 4. The van der Waals surface area contributed by atoms with E-state index >= 15 is 0 Å². The van der Waals surface area contributed by atoms with Crippen molar-refractivity contribution < 1.29 is 4.79 Å². The van der Waals surface area contributed by atoms with E-state index in [4.69, 9.17) is 0 Å². The number of nitrogens with one attached hydrogen (secondary N) is 1. The highest BCUT2D eigenvalue weighted by Gasteiger charge is 2.17. The maximum atomic E-state index is 12.2. The van der Waals surface area contributed by atoms with Gasteiger partial charge in [-0.3, -0.25) is 4.79 Å². The van der Waals surface area contributed by atoms with E-state index in [9.17, 15) is 4.79 Å². The van der Waals surface area contributed by atoms with Crippen LogP contribution in [0.1, 0.15) is 23.1 Å². The van der Waals surface area contributed by atoms with E-state index in [-0.39, 0.29) is 11.2 Å². The van der Waals surface area contributed by atoms with Crippen LogP contribution < -0.4 is 5.32 Å². The Hall–Kier alpha value is -1.40. The number of aryl methyl sites for hydroxylation is 3. The van der Waals surface area contributed by atoms with Gasteiger partial charge in [0, 0.05) is 5.69 Å². The molecule has 0 aliphatic rings. The van der Waals surface area contributed by atoms with Crippen LogP contribution in [0.2, 0.25) is 0 Å². The molecule has 0 radical (unpaired) electrons. The largest absolute Gasteiger partial charge is 0.325 e. The highest BCUT2D eigenvalue weighted by atomic mass is 32.2. The number of carbonyl (C=O) groups is 1. The van der Waals surface area contributed by atoms with Gasteiger partial charge in [0.15, 0.2) is 4.34 Å². The van der Waals surface area contributed by atoms with Crippen molar-refractivity contribution in [1.82, 2.24) is 10.2 Å². The lowest BCUT2D eigenvalue weighted by atomic mass is 10.1. The number of hydrogen-bond acceptors (Lipinski definition) is 5. The second-order valence-electron chi connectivity index (χ2n) is 4.65. The normalized spacial score (nSPS) is 12.2. The molecule has 1 aromatic heterocycles. The topological polar surface area (TPSA) is 54.9 Å². The van der Waals surface area contributed by atoms with Crippen LogP contribution in [0, 0.1) is 20.8 Å². The van der Waals surface area contributed by atoms with Gasteiger partial charge < -0.3 is 5.32 Å². The lowest BCUT2D eigenvalue weighted by molar-refractivity contribution is -0.115. The number of amides is 1. The number of hydrogen-bond donors (Lipinski definition) is 1. The van der Waals surface area contributed by atoms with Crippen molar-refractivity contribution in [2.24, 2.45) is 0 Å². The Morgan fingerprint density at radius 2 is 2.05 bits per heavy atom. The van der Waals surface area contributed by atoms with E-state index in [0.717, 1.165) is 26.2 Å². The Bertz CT molecular complexity index is 625. The third kappa shape index (κ3) is 3.80. The predicted molar refractivity (Wildman–Crippen MR) is 84.5 cm³/mol. The van der Waals surface area contributed by atoms with Gasteiger partial charge in [0.05, 0.1) is 5.25 Å². The number of benzene rings is 1. The molecule has 2 rings (SSSR count). The zero-order chi connectivity index (χ0) is 14.7. The van der Waals surface area contributed by atoms with E-state index in [2.05, 4.69) is 15.5 Å². The SMILES string of the molecule is Cc1ccc(C)c(NC(=O)C(C)Sc2nnc(C)s2)c1. The molecule has 0 saturated carbocycles. The van der Waals surface area contributed by atoms with Gasteiger partial charge in [-0.1, -0.05) is 35.2 Å². The summed E-state index contributed by atoms with van der Waals surface area (Å²) < 4.78 is 0.825. The van der Waals surface area contributed by atoms with Crippen molar-refractivity contribution in [2.75, 3.05) is 5.32 Å². The fraction of sp³-hybridized carbons (Fsp3) is 0.357.